The Hall–Kier alpha value is -2.47. The summed E-state index contributed by atoms with van der Waals surface area (Å²) in [4.78, 5) is 20.9. The van der Waals surface area contributed by atoms with Crippen molar-refractivity contribution in [1.82, 2.24) is 4.90 Å². The van der Waals surface area contributed by atoms with Gasteiger partial charge in [-0.2, -0.15) is 5.26 Å². The molecule has 1 amide bonds. The van der Waals surface area contributed by atoms with E-state index in [2.05, 4.69) is 19.9 Å². The van der Waals surface area contributed by atoms with Gasteiger partial charge in [-0.3, -0.25) is 9.69 Å². The number of hydrogen-bond donors (Lipinski definition) is 1. The molecule has 6 atom stereocenters. The number of nitriles is 1. The molecule has 2 aliphatic carbocycles. The third-order valence-corrected chi connectivity index (χ3v) is 8.13. The lowest BCUT2D eigenvalue weighted by Crippen LogP contribution is -2.56. The van der Waals surface area contributed by atoms with Gasteiger partial charge in [0.25, 0.3) is 5.91 Å². The van der Waals surface area contributed by atoms with Crippen LogP contribution in [0.5, 0.6) is 0 Å². The second-order valence-corrected chi connectivity index (χ2v) is 10.2. The highest BCUT2D eigenvalue weighted by molar-refractivity contribution is 6.08. The molecule has 176 valence electrons. The Morgan fingerprint density at radius 1 is 1.30 bits per heavy atom. The third-order valence-electron chi connectivity index (χ3n) is 8.13. The van der Waals surface area contributed by atoms with Crippen LogP contribution >= 0.6 is 0 Å². The molecule has 0 radical (unpaired) electrons. The van der Waals surface area contributed by atoms with Gasteiger partial charge in [-0.25, -0.2) is 4.99 Å². The molecule has 8 nitrogen and oxygen atoms in total. The van der Waals surface area contributed by atoms with Crippen molar-refractivity contribution in [1.29, 1.82) is 5.26 Å². The Morgan fingerprint density at radius 2 is 2.06 bits per heavy atom. The second kappa shape index (κ2) is 8.08. The number of nitrogens with zero attached hydrogens (tertiary/aromatic N) is 3. The normalized spacial score (nSPS) is 37.9. The maximum Gasteiger partial charge on any atom is 0.262 e. The van der Waals surface area contributed by atoms with Gasteiger partial charge in [0.15, 0.2) is 11.5 Å². The molecule has 33 heavy (non-hydrogen) atoms. The van der Waals surface area contributed by atoms with Crippen molar-refractivity contribution in [2.24, 2.45) is 28.0 Å². The quantitative estimate of drug-likeness (QED) is 0.751. The first-order chi connectivity index (χ1) is 15.8. The number of methoxy groups -OCH3 is 1. The van der Waals surface area contributed by atoms with Crippen molar-refractivity contribution in [3.8, 4) is 6.07 Å². The monoisotopic (exact) mass is 452 g/mol. The Morgan fingerprint density at radius 3 is 2.70 bits per heavy atom. The van der Waals surface area contributed by atoms with Crippen molar-refractivity contribution in [2.45, 2.75) is 50.9 Å². The van der Waals surface area contributed by atoms with E-state index in [9.17, 15) is 10.1 Å². The van der Waals surface area contributed by atoms with E-state index in [1.54, 1.807) is 12.0 Å². The summed E-state index contributed by atoms with van der Waals surface area (Å²) in [5.74, 6) is 0.624. The zero-order valence-corrected chi connectivity index (χ0v) is 19.5. The topological polar surface area (TPSA) is 110 Å². The summed E-state index contributed by atoms with van der Waals surface area (Å²) in [6.45, 7) is 6.18. The van der Waals surface area contributed by atoms with Gasteiger partial charge in [-0.15, -0.1) is 0 Å². The minimum Gasteiger partial charge on any atom is -0.381 e. The Balaban J connectivity index is 1.61. The largest absolute Gasteiger partial charge is 0.381 e. The molecule has 2 unspecified atom stereocenters. The van der Waals surface area contributed by atoms with E-state index in [1.807, 2.05) is 18.2 Å². The highest BCUT2D eigenvalue weighted by Crippen LogP contribution is 2.63. The van der Waals surface area contributed by atoms with Gasteiger partial charge >= 0.3 is 0 Å². The van der Waals surface area contributed by atoms with Crippen LogP contribution < -0.4 is 5.73 Å². The number of fused-ring (bicyclic) bond motifs is 3. The molecule has 4 aliphatic rings. The van der Waals surface area contributed by atoms with Crippen LogP contribution in [-0.4, -0.2) is 62.4 Å². The van der Waals surface area contributed by atoms with E-state index in [0.717, 1.165) is 30.4 Å². The fourth-order valence-corrected chi connectivity index (χ4v) is 7.05. The number of amides is 1. The first-order valence-corrected chi connectivity index (χ1v) is 11.8. The van der Waals surface area contributed by atoms with Crippen LogP contribution in [0.25, 0.3) is 0 Å². The smallest absolute Gasteiger partial charge is 0.262 e. The van der Waals surface area contributed by atoms with Gasteiger partial charge in [0.2, 0.25) is 0 Å². The minimum atomic E-state index is -1.13. The Kier molecular flexibility index (Phi) is 5.47. The van der Waals surface area contributed by atoms with Crippen LogP contribution in [0.4, 0.5) is 0 Å². The SMILES string of the molecule is COC1[C@H](C)CC2(Cc3ccc(C#N)cc3[C@]23N=C(N)N(C[C@H]2COCCO2)C3=O)C[C@@H]1C. The predicted octanol–water partition coefficient (Wildman–Crippen LogP) is 1.95. The molecular formula is C25H32N4O4. The van der Waals surface area contributed by atoms with Crippen molar-refractivity contribution >= 4 is 11.9 Å². The molecule has 2 spiro atoms. The van der Waals surface area contributed by atoms with E-state index in [-0.39, 0.29) is 35.9 Å². The van der Waals surface area contributed by atoms with Crippen LogP contribution in [0.3, 0.4) is 0 Å². The number of ether oxygens (including phenoxy) is 3. The van der Waals surface area contributed by atoms with Gasteiger partial charge in [0, 0.05) is 12.5 Å². The lowest BCUT2D eigenvalue weighted by atomic mass is 9.56. The van der Waals surface area contributed by atoms with E-state index in [1.165, 1.54) is 0 Å². The minimum absolute atomic E-state index is 0.113. The molecule has 0 aromatic heterocycles. The first-order valence-electron chi connectivity index (χ1n) is 11.8. The number of aliphatic imine (C=N–C) groups is 1. The Labute approximate surface area is 194 Å². The molecule has 1 aromatic carbocycles. The molecular weight excluding hydrogens is 420 g/mol. The number of guanidine groups is 1. The summed E-state index contributed by atoms with van der Waals surface area (Å²) in [5, 5.41) is 9.59. The highest BCUT2D eigenvalue weighted by Gasteiger charge is 2.68. The fourth-order valence-electron chi connectivity index (χ4n) is 7.05. The average Bonchev–Trinajstić information content (AvgIpc) is 3.20. The molecule has 5 rings (SSSR count). The summed E-state index contributed by atoms with van der Waals surface area (Å²) >= 11 is 0. The molecule has 2 N–H and O–H groups in total. The molecule has 2 fully saturated rings. The Bertz CT molecular complexity index is 1020. The molecule has 1 aromatic rings. The summed E-state index contributed by atoms with van der Waals surface area (Å²) < 4.78 is 17.2. The summed E-state index contributed by atoms with van der Waals surface area (Å²) in [6, 6.07) is 7.90. The zero-order valence-electron chi connectivity index (χ0n) is 19.5. The van der Waals surface area contributed by atoms with Gasteiger partial charge in [-0.1, -0.05) is 19.9 Å². The zero-order chi connectivity index (χ0) is 23.4. The van der Waals surface area contributed by atoms with E-state index in [4.69, 9.17) is 24.9 Å². The number of hydrogen-bond acceptors (Lipinski definition) is 7. The van der Waals surface area contributed by atoms with Gasteiger partial charge < -0.3 is 19.9 Å². The van der Waals surface area contributed by atoms with Crippen LogP contribution in [0.1, 0.15) is 43.4 Å². The summed E-state index contributed by atoms with van der Waals surface area (Å²) in [5.41, 5.74) is 7.34. The molecule has 0 bridgehead atoms. The van der Waals surface area contributed by atoms with Crippen molar-refractivity contribution in [3.63, 3.8) is 0 Å². The van der Waals surface area contributed by atoms with Crippen molar-refractivity contribution < 1.29 is 19.0 Å². The molecule has 2 heterocycles. The summed E-state index contributed by atoms with van der Waals surface area (Å²) in [6.07, 6.45) is 2.22. The molecule has 2 aliphatic heterocycles. The van der Waals surface area contributed by atoms with E-state index in [0.29, 0.717) is 31.9 Å². The molecule has 1 saturated carbocycles. The number of carbonyl (C=O) groups is 1. The van der Waals surface area contributed by atoms with Gasteiger partial charge in [0.1, 0.15) is 0 Å². The van der Waals surface area contributed by atoms with E-state index < -0.39 is 11.0 Å². The molecule has 1 saturated heterocycles. The van der Waals surface area contributed by atoms with Crippen LogP contribution in [-0.2, 0) is 31.0 Å². The van der Waals surface area contributed by atoms with Crippen molar-refractivity contribution in [3.05, 3.63) is 34.9 Å². The third kappa shape index (κ3) is 3.21. The number of carbonyl (C=O) groups excluding carboxylic acids is 1. The van der Waals surface area contributed by atoms with Crippen molar-refractivity contribution in [2.75, 3.05) is 33.5 Å². The second-order valence-electron chi connectivity index (χ2n) is 10.2. The highest BCUT2D eigenvalue weighted by atomic mass is 16.6. The molecule has 8 heteroatoms. The van der Waals surface area contributed by atoms with Crippen LogP contribution in [0.2, 0.25) is 0 Å². The van der Waals surface area contributed by atoms with Crippen LogP contribution in [0, 0.1) is 28.6 Å². The first kappa shape index (κ1) is 22.3. The van der Waals surface area contributed by atoms with Gasteiger partial charge in [-0.05, 0) is 54.4 Å². The number of nitrogens with two attached hydrogens (primary N) is 1. The van der Waals surface area contributed by atoms with Gasteiger partial charge in [0.05, 0.1) is 50.2 Å². The lowest BCUT2D eigenvalue weighted by molar-refractivity contribution is -0.145. The number of benzene rings is 1. The predicted molar refractivity (Wildman–Crippen MR) is 121 cm³/mol. The van der Waals surface area contributed by atoms with E-state index >= 15 is 0 Å². The maximum atomic E-state index is 14.3. The average molecular weight is 453 g/mol. The maximum absolute atomic E-state index is 14.3. The lowest BCUT2D eigenvalue weighted by Gasteiger charge is -2.50. The standard InChI is InChI=1S/C25H32N4O4/c1-15-9-24(10-16(2)21(15)31-3)11-18-5-4-17(12-26)8-20(18)25(24)22(30)29(23(27)28-25)13-19-14-32-6-7-33-19/h4-5,8,15-16,19,21H,6-7,9-11,13-14H2,1-3H3,(H2,27,28)/t15-,16+,19-,21?,24?,25+/m0/s1. The fraction of sp³-hybridized carbons (Fsp3) is 0.640. The summed E-state index contributed by atoms with van der Waals surface area (Å²) in [7, 11) is 1.76. The van der Waals surface area contributed by atoms with Crippen LogP contribution in [0.15, 0.2) is 23.2 Å². The number of rotatable bonds is 3.